The quantitative estimate of drug-likeness (QED) is 0.0735. The normalized spacial score (nSPS) is 13.1. The summed E-state index contributed by atoms with van der Waals surface area (Å²) in [7, 11) is 2.00. The molecule has 62 heavy (non-hydrogen) atoms. The van der Waals surface area contributed by atoms with Gasteiger partial charge in [-0.2, -0.15) is 0 Å². The van der Waals surface area contributed by atoms with E-state index in [0.29, 0.717) is 31.1 Å². The van der Waals surface area contributed by atoms with Crippen molar-refractivity contribution in [3.8, 4) is 0 Å². The first-order chi connectivity index (χ1) is 27.9. The Bertz CT molecular complexity index is 1690. The minimum atomic E-state index is -0.539. The van der Waals surface area contributed by atoms with Gasteiger partial charge in [0.2, 0.25) is 0 Å². The van der Waals surface area contributed by atoms with Crippen LogP contribution in [0.2, 0.25) is 0 Å². The minimum absolute atomic E-state index is 0. The largest absolute Gasteiger partial charge is 0.421 e. The molecule has 0 aliphatic carbocycles. The van der Waals surface area contributed by atoms with Gasteiger partial charge in [-0.1, -0.05) is 96.4 Å². The Morgan fingerprint density at radius 2 is 0.935 bits per heavy atom. The average molecular weight is 952 g/mol. The Hall–Kier alpha value is -1.43. The molecule has 3 atom stereocenters. The van der Waals surface area contributed by atoms with Crippen molar-refractivity contribution in [3.05, 3.63) is 58.6 Å². The molecule has 3 aromatic rings. The van der Waals surface area contributed by atoms with Gasteiger partial charge in [0.25, 0.3) is 17.5 Å². The molecule has 0 spiro atoms. The molecule has 0 fully saturated rings. The molecule has 3 unspecified atom stereocenters. The average Bonchev–Trinajstić information content (AvgIpc) is 3.56. The molecule has 361 valence electrons. The fraction of sp³-hybridized carbons (Fsp3) is 0.804. The molecule has 10 nitrogen and oxygen atoms in total. The van der Waals surface area contributed by atoms with Gasteiger partial charge in [0.05, 0.1) is 19.6 Å². The molecular weight excluding hydrogens is 850 g/mol. The van der Waals surface area contributed by atoms with Crippen LogP contribution in [0.4, 0.5) is 0 Å². The van der Waals surface area contributed by atoms with Gasteiger partial charge < -0.3 is 27.3 Å². The topological polar surface area (TPSA) is 107 Å². The van der Waals surface area contributed by atoms with E-state index in [9.17, 15) is 10.2 Å². The zero-order chi connectivity index (χ0) is 48.5. The number of imidazole rings is 3. The summed E-state index contributed by atoms with van der Waals surface area (Å²) in [6.07, 6.45) is 4.99. The Morgan fingerprint density at radius 1 is 0.565 bits per heavy atom. The van der Waals surface area contributed by atoms with Crippen molar-refractivity contribution >= 4 is 0 Å². The Kier molecular flexibility index (Phi) is 30.6. The second-order valence-corrected chi connectivity index (χ2v) is 21.4. The number of hydrogen-bond acceptors (Lipinski definition) is 4. The molecule has 3 rings (SSSR count). The number of aliphatic hydroxyl groups is 4. The molecule has 3 aromatic heterocycles. The maximum absolute atomic E-state index is 11.3. The SMILES string of the molecule is CC(C)C.CO.CO.Cc1c(C)[n+](CC(O)C[n+]2c(C)c(C)n(C(CC(C)(C)C)C(C)(C)C)c2C)c(C)n1CCC(C)(C)C.[CH2-]C(O)C[n+]1c(C)c(C)n(CCCCC)c1C.[Y]. The van der Waals surface area contributed by atoms with E-state index >= 15 is 0 Å². The van der Waals surface area contributed by atoms with Crippen LogP contribution in [0, 0.1) is 91.4 Å². The Balaban J connectivity index is -0.00000111. The standard InChI is InChI=1S/C31H58N4O.C14H26N2O.C4H10.2CH4O.Y/c1-21-22(2)33(25(5)32(21)17-16-29(7,8)9)19-27(36)20-34-23(3)24(4)35(26(34)6)28(31(13,14)15)18-30(10,11)12;1-6-7-8-9-15-12(3)13(4)16(14(15)5)10-11(2)17;1-4(2)3;2*1-2;/h27-28,36H,16-20H2,1-15H3;11,17H,2,6-10H2,1,3-5H3;4H,1-3H3;2*2H,1H3;/q+2;;;;;. The van der Waals surface area contributed by atoms with Gasteiger partial charge in [-0.15, -0.1) is 0 Å². The number of unbranched alkanes of at least 4 members (excludes halogenated alkanes) is 2. The van der Waals surface area contributed by atoms with Gasteiger partial charge in [0.1, 0.15) is 59.4 Å². The van der Waals surface area contributed by atoms with Gasteiger partial charge in [-0.05, 0) is 48.5 Å². The van der Waals surface area contributed by atoms with Crippen LogP contribution in [0.3, 0.4) is 0 Å². The summed E-state index contributed by atoms with van der Waals surface area (Å²) in [6, 6.07) is 0.396. The van der Waals surface area contributed by atoms with Gasteiger partial charge in [0, 0.05) is 115 Å². The first-order valence-electron chi connectivity index (χ1n) is 23.2. The minimum Gasteiger partial charge on any atom is -0.421 e. The van der Waals surface area contributed by atoms with E-state index < -0.39 is 12.2 Å². The molecule has 3 heterocycles. The Labute approximate surface area is 408 Å². The molecule has 1 radical (unpaired) electrons. The summed E-state index contributed by atoms with van der Waals surface area (Å²) < 4.78 is 14.2. The summed E-state index contributed by atoms with van der Waals surface area (Å²) in [5, 5.41) is 34.8. The third-order valence-corrected chi connectivity index (χ3v) is 11.6. The van der Waals surface area contributed by atoms with Crippen LogP contribution in [-0.4, -0.2) is 60.6 Å². The molecule has 0 saturated carbocycles. The van der Waals surface area contributed by atoms with Crippen LogP contribution in [0.1, 0.15) is 180 Å². The molecule has 0 saturated heterocycles. The van der Waals surface area contributed by atoms with Gasteiger partial charge in [-0.3, -0.25) is 0 Å². The van der Waals surface area contributed by atoms with E-state index in [1.165, 1.54) is 70.9 Å². The third-order valence-electron chi connectivity index (χ3n) is 11.6. The zero-order valence-electron chi connectivity index (χ0n) is 45.1. The van der Waals surface area contributed by atoms with Crippen molar-refractivity contribution < 1.29 is 66.8 Å². The number of rotatable bonds is 14. The fourth-order valence-electron chi connectivity index (χ4n) is 7.98. The van der Waals surface area contributed by atoms with Crippen LogP contribution < -0.4 is 13.7 Å². The van der Waals surface area contributed by atoms with E-state index in [1.807, 2.05) is 0 Å². The van der Waals surface area contributed by atoms with Crippen LogP contribution >= 0.6 is 0 Å². The number of aromatic nitrogens is 6. The maximum Gasteiger partial charge on any atom is 0.254 e. The summed E-state index contributed by atoms with van der Waals surface area (Å²) in [5.74, 6) is 4.53. The summed E-state index contributed by atoms with van der Waals surface area (Å²) >= 11 is 0. The van der Waals surface area contributed by atoms with Crippen molar-refractivity contribution in [1.82, 2.24) is 13.7 Å². The third kappa shape index (κ3) is 20.8. The predicted octanol–water partition coefficient (Wildman–Crippen LogP) is 9.20. The molecule has 4 N–H and O–H groups in total. The molecule has 0 aromatic carbocycles. The summed E-state index contributed by atoms with van der Waals surface area (Å²) in [4.78, 5) is 0. The monoisotopic (exact) mass is 952 g/mol. The van der Waals surface area contributed by atoms with Crippen molar-refractivity contribution in [1.29, 1.82) is 0 Å². The smallest absolute Gasteiger partial charge is 0.254 e. The van der Waals surface area contributed by atoms with Crippen molar-refractivity contribution in [2.24, 2.45) is 22.2 Å². The van der Waals surface area contributed by atoms with Crippen molar-refractivity contribution in [2.75, 3.05) is 14.2 Å². The summed E-state index contributed by atoms with van der Waals surface area (Å²) in [5.41, 5.74) is 8.36. The van der Waals surface area contributed by atoms with Crippen LogP contribution in [0.5, 0.6) is 0 Å². The van der Waals surface area contributed by atoms with Gasteiger partial charge in [0.15, 0.2) is 0 Å². The molecule has 0 amide bonds. The van der Waals surface area contributed by atoms with Crippen LogP contribution in [-0.2, 0) is 65.4 Å². The molecule has 0 aliphatic rings. The first kappa shape index (κ1) is 64.9. The van der Waals surface area contributed by atoms with Crippen molar-refractivity contribution in [2.45, 2.75) is 235 Å². The predicted molar refractivity (Wildman–Crippen MR) is 257 cm³/mol. The number of nitrogens with zero attached hydrogens (tertiary/aromatic N) is 6. The van der Waals surface area contributed by atoms with Gasteiger partial charge >= 0.3 is 0 Å². The first-order valence-corrected chi connectivity index (χ1v) is 23.2. The van der Waals surface area contributed by atoms with E-state index in [-0.39, 0.29) is 43.5 Å². The Morgan fingerprint density at radius 3 is 1.29 bits per heavy atom. The molecule has 0 aliphatic heterocycles. The number of hydrogen-bond donors (Lipinski definition) is 4. The van der Waals surface area contributed by atoms with E-state index in [1.54, 1.807) is 0 Å². The second kappa shape index (κ2) is 29.3. The molecule has 0 bridgehead atoms. The number of aliphatic hydroxyl groups excluding tert-OH is 4. The zero-order valence-corrected chi connectivity index (χ0v) is 48.0. The molecule has 11 heteroatoms. The summed E-state index contributed by atoms with van der Waals surface area (Å²) in [6.45, 7) is 56.9. The van der Waals surface area contributed by atoms with Crippen LogP contribution in [0.25, 0.3) is 0 Å². The van der Waals surface area contributed by atoms with Crippen LogP contribution in [0.15, 0.2) is 0 Å². The van der Waals surface area contributed by atoms with Gasteiger partial charge in [-0.25, -0.2) is 27.4 Å². The van der Waals surface area contributed by atoms with Crippen molar-refractivity contribution in [3.63, 3.8) is 0 Å². The fourth-order valence-corrected chi connectivity index (χ4v) is 7.98. The van der Waals surface area contributed by atoms with E-state index in [4.69, 9.17) is 10.2 Å². The second-order valence-electron chi connectivity index (χ2n) is 21.4. The molecular formula is C51H102N6O4Y+2. The van der Waals surface area contributed by atoms with E-state index in [0.717, 1.165) is 46.1 Å². The maximum atomic E-state index is 11.3. The van der Waals surface area contributed by atoms with E-state index in [2.05, 4.69) is 187 Å².